The first-order chi connectivity index (χ1) is 16.2. The van der Waals surface area contributed by atoms with Gasteiger partial charge in [-0.1, -0.05) is 48.5 Å². The Bertz CT molecular complexity index is 1050. The number of nitrogens with zero attached hydrogens (tertiary/aromatic N) is 1. The molecule has 0 saturated carbocycles. The Morgan fingerprint density at radius 1 is 1.06 bits per heavy atom. The molecule has 7 heteroatoms. The smallest absolute Gasteiger partial charge is 0.407 e. The van der Waals surface area contributed by atoms with Crippen molar-refractivity contribution in [2.75, 3.05) is 19.7 Å². The molecule has 2 aliphatic rings. The fourth-order valence-electron chi connectivity index (χ4n) is 5.11. The van der Waals surface area contributed by atoms with Crippen molar-refractivity contribution >= 4 is 18.0 Å². The summed E-state index contributed by atoms with van der Waals surface area (Å²) in [6.45, 7) is 6.21. The molecule has 0 bridgehead atoms. The monoisotopic (exact) mass is 464 g/mol. The molecule has 2 N–H and O–H groups in total. The molecule has 2 amide bonds. The molecular formula is C27H32N2O5. The Balaban J connectivity index is 1.33. The third-order valence-electron chi connectivity index (χ3n) is 7.08. The summed E-state index contributed by atoms with van der Waals surface area (Å²) in [6.07, 6.45) is 0.332. The molecule has 0 spiro atoms. The van der Waals surface area contributed by atoms with Crippen LogP contribution >= 0.6 is 0 Å². The predicted octanol–water partition coefficient (Wildman–Crippen LogP) is 4.26. The number of fused-ring (bicyclic) bond motifs is 3. The van der Waals surface area contributed by atoms with Crippen molar-refractivity contribution in [3.05, 3.63) is 59.7 Å². The van der Waals surface area contributed by atoms with Crippen LogP contribution in [0.25, 0.3) is 11.1 Å². The lowest BCUT2D eigenvalue weighted by Gasteiger charge is -2.40. The third-order valence-corrected chi connectivity index (χ3v) is 7.08. The van der Waals surface area contributed by atoms with Gasteiger partial charge in [-0.25, -0.2) is 4.79 Å². The van der Waals surface area contributed by atoms with E-state index in [2.05, 4.69) is 29.6 Å². The highest BCUT2D eigenvalue weighted by atomic mass is 16.5. The van der Waals surface area contributed by atoms with Gasteiger partial charge in [-0.2, -0.15) is 0 Å². The van der Waals surface area contributed by atoms with E-state index in [1.165, 1.54) is 11.1 Å². The number of aliphatic carboxylic acids is 1. The van der Waals surface area contributed by atoms with Gasteiger partial charge in [0.25, 0.3) is 0 Å². The van der Waals surface area contributed by atoms with E-state index in [4.69, 9.17) is 4.74 Å². The minimum Gasteiger partial charge on any atom is -0.481 e. The minimum absolute atomic E-state index is 0.0239. The van der Waals surface area contributed by atoms with Gasteiger partial charge in [0.15, 0.2) is 0 Å². The fourth-order valence-corrected chi connectivity index (χ4v) is 5.11. The highest BCUT2D eigenvalue weighted by Gasteiger charge is 2.39. The molecule has 1 saturated heterocycles. The van der Waals surface area contributed by atoms with Gasteiger partial charge >= 0.3 is 12.1 Å². The molecule has 1 aliphatic heterocycles. The summed E-state index contributed by atoms with van der Waals surface area (Å²) >= 11 is 0. The molecule has 180 valence electrons. The summed E-state index contributed by atoms with van der Waals surface area (Å²) in [5.74, 6) is -1.34. The van der Waals surface area contributed by atoms with E-state index < -0.39 is 23.4 Å². The number of carbonyl (C=O) groups is 3. The number of hydrogen-bond donors (Lipinski definition) is 2. The van der Waals surface area contributed by atoms with Crippen LogP contribution in [-0.4, -0.2) is 53.7 Å². The van der Waals surface area contributed by atoms with Gasteiger partial charge in [0.1, 0.15) is 6.61 Å². The van der Waals surface area contributed by atoms with Gasteiger partial charge in [-0.05, 0) is 55.9 Å². The second-order valence-electron chi connectivity index (χ2n) is 9.97. The summed E-state index contributed by atoms with van der Waals surface area (Å²) in [7, 11) is 0. The number of hydrogen-bond acceptors (Lipinski definition) is 4. The van der Waals surface area contributed by atoms with E-state index in [1.807, 2.05) is 31.2 Å². The number of rotatable bonds is 6. The Morgan fingerprint density at radius 2 is 1.65 bits per heavy atom. The zero-order valence-electron chi connectivity index (χ0n) is 19.9. The average molecular weight is 465 g/mol. The van der Waals surface area contributed by atoms with Crippen LogP contribution in [0.3, 0.4) is 0 Å². The zero-order valence-corrected chi connectivity index (χ0v) is 19.9. The topological polar surface area (TPSA) is 95.9 Å². The number of carboxylic acids is 1. The van der Waals surface area contributed by atoms with Crippen molar-refractivity contribution in [2.45, 2.75) is 45.6 Å². The number of likely N-dealkylation sites (tertiary alicyclic amines) is 1. The van der Waals surface area contributed by atoms with E-state index in [0.29, 0.717) is 19.4 Å². The predicted molar refractivity (Wildman–Crippen MR) is 128 cm³/mol. The number of carbonyl (C=O) groups excluding carboxylic acids is 2. The van der Waals surface area contributed by atoms with Crippen LogP contribution in [0.1, 0.15) is 50.7 Å². The first-order valence-electron chi connectivity index (χ1n) is 11.8. The maximum atomic E-state index is 13.1. The Hall–Kier alpha value is -3.35. The van der Waals surface area contributed by atoms with E-state index in [0.717, 1.165) is 11.1 Å². The number of alkyl carbamates (subject to hydrolysis) is 1. The molecule has 1 aliphatic carbocycles. The van der Waals surface area contributed by atoms with Gasteiger partial charge in [0.05, 0.1) is 11.3 Å². The normalized spacial score (nSPS) is 19.8. The lowest BCUT2D eigenvalue weighted by molar-refractivity contribution is -0.151. The molecule has 4 rings (SSSR count). The van der Waals surface area contributed by atoms with E-state index in [9.17, 15) is 19.5 Å². The molecule has 7 nitrogen and oxygen atoms in total. The van der Waals surface area contributed by atoms with Crippen LogP contribution in [0.4, 0.5) is 4.79 Å². The standard InChI is InChI=1S/C27H32N2O5/c1-17-14-18(24(30)31)12-13-29(17)25(32)27(2,3)16-28-26(33)34-15-23-21-10-6-4-8-19(21)20-9-5-7-11-22(20)23/h4-11,17-18,23H,12-16H2,1-3H3,(H,28,33)(H,30,31). The van der Waals surface area contributed by atoms with Crippen molar-refractivity contribution in [3.8, 4) is 11.1 Å². The Morgan fingerprint density at radius 3 is 2.21 bits per heavy atom. The lowest BCUT2D eigenvalue weighted by Crippen LogP contribution is -2.53. The zero-order chi connectivity index (χ0) is 24.5. The third kappa shape index (κ3) is 4.65. The van der Waals surface area contributed by atoms with Crippen molar-refractivity contribution < 1.29 is 24.2 Å². The number of amides is 2. The van der Waals surface area contributed by atoms with Gasteiger partial charge in [-0.15, -0.1) is 0 Å². The maximum absolute atomic E-state index is 13.1. The van der Waals surface area contributed by atoms with Gasteiger partial charge in [0, 0.05) is 25.0 Å². The highest BCUT2D eigenvalue weighted by molar-refractivity contribution is 5.84. The van der Waals surface area contributed by atoms with Gasteiger partial charge in [0.2, 0.25) is 5.91 Å². The summed E-state index contributed by atoms with van der Waals surface area (Å²) < 4.78 is 5.58. The first-order valence-corrected chi connectivity index (χ1v) is 11.8. The molecule has 1 heterocycles. The van der Waals surface area contributed by atoms with Crippen molar-refractivity contribution in [3.63, 3.8) is 0 Å². The van der Waals surface area contributed by atoms with Crippen molar-refractivity contribution in [1.29, 1.82) is 0 Å². The molecule has 2 atom stereocenters. The summed E-state index contributed by atoms with van der Waals surface area (Å²) in [4.78, 5) is 38.7. The number of carboxylic acid groups (broad SMARTS) is 1. The second kappa shape index (κ2) is 9.49. The molecule has 1 fully saturated rings. The van der Waals surface area contributed by atoms with Crippen LogP contribution in [0.5, 0.6) is 0 Å². The quantitative estimate of drug-likeness (QED) is 0.666. The van der Waals surface area contributed by atoms with Gasteiger partial charge < -0.3 is 20.1 Å². The van der Waals surface area contributed by atoms with E-state index in [1.54, 1.807) is 18.7 Å². The molecule has 0 radical (unpaired) electrons. The van der Waals surface area contributed by atoms with Crippen LogP contribution in [0.2, 0.25) is 0 Å². The fraction of sp³-hybridized carbons (Fsp3) is 0.444. The average Bonchev–Trinajstić information content (AvgIpc) is 3.14. The molecular weight excluding hydrogens is 432 g/mol. The summed E-state index contributed by atoms with van der Waals surface area (Å²) in [5.41, 5.74) is 3.78. The summed E-state index contributed by atoms with van der Waals surface area (Å²) in [5, 5.41) is 12.0. The largest absolute Gasteiger partial charge is 0.481 e. The van der Waals surface area contributed by atoms with Crippen LogP contribution in [0, 0.1) is 11.3 Å². The first kappa shape index (κ1) is 23.8. The second-order valence-corrected chi connectivity index (χ2v) is 9.97. The number of nitrogens with one attached hydrogen (secondary N) is 1. The minimum atomic E-state index is -0.837. The molecule has 0 aromatic heterocycles. The molecule has 2 unspecified atom stereocenters. The number of benzene rings is 2. The van der Waals surface area contributed by atoms with Crippen LogP contribution in [-0.2, 0) is 14.3 Å². The van der Waals surface area contributed by atoms with Gasteiger partial charge in [-0.3, -0.25) is 9.59 Å². The summed E-state index contributed by atoms with van der Waals surface area (Å²) in [6, 6.07) is 16.2. The van der Waals surface area contributed by atoms with Crippen molar-refractivity contribution in [2.24, 2.45) is 11.3 Å². The Labute approximate surface area is 200 Å². The van der Waals surface area contributed by atoms with Crippen molar-refractivity contribution in [1.82, 2.24) is 10.2 Å². The number of ether oxygens (including phenoxy) is 1. The number of piperidine rings is 1. The van der Waals surface area contributed by atoms with Crippen LogP contribution < -0.4 is 5.32 Å². The molecule has 2 aromatic rings. The molecule has 34 heavy (non-hydrogen) atoms. The highest BCUT2D eigenvalue weighted by Crippen LogP contribution is 2.44. The van der Waals surface area contributed by atoms with E-state index in [-0.39, 0.29) is 31.0 Å². The van der Waals surface area contributed by atoms with E-state index >= 15 is 0 Å². The SMILES string of the molecule is CC1CC(C(=O)O)CCN1C(=O)C(C)(C)CNC(=O)OCC1c2ccccc2-c2ccccc21. The molecule has 2 aromatic carbocycles. The Kier molecular flexibility index (Phi) is 6.64. The van der Waals surface area contributed by atoms with Crippen LogP contribution in [0.15, 0.2) is 48.5 Å². The maximum Gasteiger partial charge on any atom is 0.407 e. The lowest BCUT2D eigenvalue weighted by atomic mass is 9.86.